The Kier molecular flexibility index (Phi) is 8.49. The molecule has 2 saturated carbocycles. The summed E-state index contributed by atoms with van der Waals surface area (Å²) in [6.07, 6.45) is -2.50. The van der Waals surface area contributed by atoms with Gasteiger partial charge in [0.15, 0.2) is 6.10 Å². The molecule has 232 valence electrons. The van der Waals surface area contributed by atoms with E-state index in [1.165, 1.54) is 20.8 Å². The minimum atomic E-state index is -1.28. The molecule has 2 aromatic rings. The van der Waals surface area contributed by atoms with Crippen molar-refractivity contribution in [3.63, 3.8) is 0 Å². The van der Waals surface area contributed by atoms with Crippen molar-refractivity contribution in [1.82, 2.24) is 0 Å². The number of hydrogen-bond donors (Lipinski definition) is 0. The molecule has 43 heavy (non-hydrogen) atoms. The monoisotopic (exact) mass is 594 g/mol. The average Bonchev–Trinajstić information content (AvgIpc) is 3.20. The van der Waals surface area contributed by atoms with Crippen LogP contribution in [0.15, 0.2) is 60.7 Å². The van der Waals surface area contributed by atoms with E-state index in [1.807, 2.05) is 67.6 Å². The molecule has 8 unspecified atom stereocenters. The van der Waals surface area contributed by atoms with Gasteiger partial charge in [-0.1, -0.05) is 57.2 Å². The van der Waals surface area contributed by atoms with Crippen molar-refractivity contribution in [2.45, 2.75) is 84.4 Å². The van der Waals surface area contributed by atoms with Gasteiger partial charge in [0.25, 0.3) is 0 Å². The summed E-state index contributed by atoms with van der Waals surface area (Å²) in [4.78, 5) is 38.1. The fourth-order valence-electron chi connectivity index (χ4n) is 7.98. The van der Waals surface area contributed by atoms with Crippen molar-refractivity contribution in [3.8, 4) is 11.5 Å². The molecule has 1 heterocycles. The normalized spacial score (nSPS) is 34.5. The van der Waals surface area contributed by atoms with Gasteiger partial charge in [-0.15, -0.1) is 0 Å². The molecule has 1 aliphatic heterocycles. The molecular formula is C34H42O9. The lowest BCUT2D eigenvalue weighted by Gasteiger charge is -2.65. The summed E-state index contributed by atoms with van der Waals surface area (Å²) < 4.78 is 38.8. The minimum absolute atomic E-state index is 0.0273. The van der Waals surface area contributed by atoms with E-state index in [1.54, 1.807) is 0 Å². The number of carbonyl (C=O) groups excluding carboxylic acids is 3. The van der Waals surface area contributed by atoms with Crippen LogP contribution in [0.5, 0.6) is 11.5 Å². The first-order valence-electron chi connectivity index (χ1n) is 15.0. The Bertz CT molecular complexity index is 1310. The van der Waals surface area contributed by atoms with Crippen molar-refractivity contribution in [3.05, 3.63) is 60.7 Å². The summed E-state index contributed by atoms with van der Waals surface area (Å²) in [5.74, 6) is -0.550. The zero-order valence-corrected chi connectivity index (χ0v) is 25.7. The van der Waals surface area contributed by atoms with Crippen LogP contribution < -0.4 is 9.47 Å². The van der Waals surface area contributed by atoms with Crippen LogP contribution in [0.4, 0.5) is 0 Å². The van der Waals surface area contributed by atoms with Gasteiger partial charge in [-0.2, -0.15) is 0 Å². The molecule has 1 saturated heterocycles. The summed E-state index contributed by atoms with van der Waals surface area (Å²) in [6, 6.07) is 18.7. The maximum atomic E-state index is 12.8. The van der Waals surface area contributed by atoms with Crippen LogP contribution in [-0.2, 0) is 33.3 Å². The number of esters is 3. The molecule has 9 nitrogen and oxygen atoms in total. The smallest absolute Gasteiger partial charge is 0.303 e. The van der Waals surface area contributed by atoms with E-state index in [9.17, 15) is 14.4 Å². The second-order valence-electron chi connectivity index (χ2n) is 12.5. The summed E-state index contributed by atoms with van der Waals surface area (Å²) in [6.45, 7) is 10.6. The minimum Gasteiger partial charge on any atom is -0.493 e. The van der Waals surface area contributed by atoms with E-state index < -0.39 is 58.8 Å². The predicted molar refractivity (Wildman–Crippen MR) is 156 cm³/mol. The van der Waals surface area contributed by atoms with Gasteiger partial charge >= 0.3 is 17.9 Å². The van der Waals surface area contributed by atoms with Crippen LogP contribution in [0.25, 0.3) is 0 Å². The number of ether oxygens (including phenoxy) is 6. The Balaban J connectivity index is 1.79. The molecule has 3 aliphatic rings. The van der Waals surface area contributed by atoms with E-state index in [4.69, 9.17) is 28.4 Å². The first-order valence-corrected chi connectivity index (χ1v) is 15.0. The van der Waals surface area contributed by atoms with Crippen LogP contribution in [0.3, 0.4) is 0 Å². The van der Waals surface area contributed by atoms with Gasteiger partial charge < -0.3 is 28.4 Å². The van der Waals surface area contributed by atoms with Crippen LogP contribution in [0.1, 0.15) is 54.4 Å². The fraction of sp³-hybridized carbons (Fsp3) is 0.559. The number of benzene rings is 2. The molecule has 5 rings (SSSR count). The number of fused-ring (bicyclic) bond motifs is 1. The second-order valence-corrected chi connectivity index (χ2v) is 12.5. The van der Waals surface area contributed by atoms with Crippen LogP contribution in [0, 0.1) is 22.7 Å². The third kappa shape index (κ3) is 5.15. The summed E-state index contributed by atoms with van der Waals surface area (Å²) in [5.41, 5.74) is -3.10. The molecule has 9 heteroatoms. The lowest BCUT2D eigenvalue weighted by Crippen LogP contribution is -2.80. The molecule has 0 radical (unpaired) electrons. The van der Waals surface area contributed by atoms with Crippen molar-refractivity contribution in [2.75, 3.05) is 13.2 Å². The Morgan fingerprint density at radius 2 is 1.44 bits per heavy atom. The number of rotatable bonds is 9. The standard InChI is InChI=1S/C34H42O9/c1-21(2)32-18-29(43-27-15-11-8-12-16-27)33(20-38-26-13-9-7-10-14-26)30(41-24(5)36)28(40-23(4)35)17-22(3)34(33,39-19-32)31(32)42-25(6)37/h7-16,21-22,28-31H,17-20H2,1-6H3. The summed E-state index contributed by atoms with van der Waals surface area (Å²) in [5, 5.41) is 0. The third-order valence-corrected chi connectivity index (χ3v) is 9.81. The molecule has 2 aliphatic carbocycles. The lowest BCUT2D eigenvalue weighted by molar-refractivity contribution is -0.313. The highest BCUT2D eigenvalue weighted by molar-refractivity contribution is 5.68. The fourth-order valence-corrected chi connectivity index (χ4v) is 7.98. The van der Waals surface area contributed by atoms with E-state index in [0.717, 1.165) is 0 Å². The van der Waals surface area contributed by atoms with Crippen LogP contribution >= 0.6 is 0 Å². The van der Waals surface area contributed by atoms with Gasteiger partial charge in [-0.05, 0) is 48.9 Å². The molecule has 1 spiro atoms. The lowest BCUT2D eigenvalue weighted by atomic mass is 9.44. The predicted octanol–water partition coefficient (Wildman–Crippen LogP) is 5.15. The maximum Gasteiger partial charge on any atom is 0.303 e. The van der Waals surface area contributed by atoms with Gasteiger partial charge in [0.2, 0.25) is 0 Å². The van der Waals surface area contributed by atoms with Gasteiger partial charge in [-0.3, -0.25) is 14.4 Å². The Morgan fingerprint density at radius 1 is 0.860 bits per heavy atom. The Hall–Kier alpha value is -3.59. The van der Waals surface area contributed by atoms with E-state index in [-0.39, 0.29) is 18.4 Å². The SMILES string of the molecule is CC(=O)OC1CC(C)C23OCC(C(C)C)(CC(Oc4ccccc4)C2(COc2ccccc2)C1OC(C)=O)C3OC(C)=O. The molecule has 2 bridgehead atoms. The largest absolute Gasteiger partial charge is 0.493 e. The van der Waals surface area contributed by atoms with Crippen LogP contribution in [0.2, 0.25) is 0 Å². The van der Waals surface area contributed by atoms with Crippen LogP contribution in [-0.4, -0.2) is 61.1 Å². The van der Waals surface area contributed by atoms with E-state index in [2.05, 4.69) is 13.8 Å². The highest BCUT2D eigenvalue weighted by Crippen LogP contribution is 2.69. The summed E-state index contributed by atoms with van der Waals surface area (Å²) in [7, 11) is 0. The first-order chi connectivity index (χ1) is 20.5. The molecule has 8 atom stereocenters. The van der Waals surface area contributed by atoms with E-state index in [0.29, 0.717) is 30.9 Å². The second kappa shape index (κ2) is 11.8. The molecule has 0 aromatic heterocycles. The van der Waals surface area contributed by atoms with Crippen molar-refractivity contribution < 1.29 is 42.8 Å². The topological polar surface area (TPSA) is 107 Å². The molecule has 0 N–H and O–H groups in total. The highest BCUT2D eigenvalue weighted by Gasteiger charge is 2.83. The summed E-state index contributed by atoms with van der Waals surface area (Å²) >= 11 is 0. The van der Waals surface area contributed by atoms with Gasteiger partial charge in [0.05, 0.1) is 6.61 Å². The molecule has 0 amide bonds. The average molecular weight is 595 g/mol. The number of para-hydroxylation sites is 2. The first kappa shape index (κ1) is 30.9. The third-order valence-electron chi connectivity index (χ3n) is 9.81. The van der Waals surface area contributed by atoms with Crippen molar-refractivity contribution in [2.24, 2.45) is 22.7 Å². The van der Waals surface area contributed by atoms with E-state index >= 15 is 0 Å². The van der Waals surface area contributed by atoms with Gasteiger partial charge in [0, 0.05) is 26.2 Å². The van der Waals surface area contributed by atoms with Crippen molar-refractivity contribution in [1.29, 1.82) is 0 Å². The molecular weight excluding hydrogens is 552 g/mol. The zero-order chi connectivity index (χ0) is 31.0. The maximum absolute atomic E-state index is 12.8. The highest BCUT2D eigenvalue weighted by atomic mass is 16.6. The Labute approximate surface area is 253 Å². The quantitative estimate of drug-likeness (QED) is 0.288. The molecule has 3 fully saturated rings. The number of carbonyl (C=O) groups is 3. The van der Waals surface area contributed by atoms with Gasteiger partial charge in [0.1, 0.15) is 47.4 Å². The molecule has 2 aromatic carbocycles. The number of hydrogen-bond acceptors (Lipinski definition) is 9. The zero-order valence-electron chi connectivity index (χ0n) is 25.7. The Morgan fingerprint density at radius 3 is 2.00 bits per heavy atom. The van der Waals surface area contributed by atoms with Gasteiger partial charge in [-0.25, -0.2) is 0 Å². The van der Waals surface area contributed by atoms with Crippen molar-refractivity contribution >= 4 is 17.9 Å².